The van der Waals surface area contributed by atoms with Crippen LogP contribution in [0.5, 0.6) is 0 Å². The van der Waals surface area contributed by atoms with Crippen LogP contribution in [0, 0.1) is 18.1 Å². The Labute approximate surface area is 149 Å². The minimum atomic E-state index is -2.46. The number of halogens is 1. The first-order chi connectivity index (χ1) is 12.5. The topological polar surface area (TPSA) is 12.9 Å². The van der Waals surface area contributed by atoms with Gasteiger partial charge in [0.15, 0.2) is 0 Å². The molecule has 0 fully saturated rings. The summed E-state index contributed by atoms with van der Waals surface area (Å²) in [4.78, 5) is 4.42. The van der Waals surface area contributed by atoms with E-state index in [0.717, 1.165) is 10.5 Å². The average Bonchev–Trinajstić information content (AvgIpc) is 2.51. The van der Waals surface area contributed by atoms with E-state index in [0.29, 0.717) is 11.3 Å². The number of aryl methyl sites for hydroxylation is 1. The van der Waals surface area contributed by atoms with Crippen LogP contribution in [-0.4, -0.2) is 18.3 Å². The number of pyridine rings is 1. The summed E-state index contributed by atoms with van der Waals surface area (Å²) in [5.74, 6) is 5.84. The number of hydrogen-bond donors (Lipinski definition) is 0. The summed E-state index contributed by atoms with van der Waals surface area (Å²) in [6, 6.07) is 5.44. The van der Waals surface area contributed by atoms with Crippen molar-refractivity contribution in [1.29, 1.82) is 0 Å². The Morgan fingerprint density at radius 1 is 1.22 bits per heavy atom. The van der Waals surface area contributed by atoms with Gasteiger partial charge in [-0.3, -0.25) is 0 Å². The van der Waals surface area contributed by atoms with Crippen molar-refractivity contribution in [1.82, 2.24) is 4.98 Å². The zero-order chi connectivity index (χ0) is 21.7. The molecule has 3 heteroatoms. The Morgan fingerprint density at radius 3 is 2.43 bits per heavy atom. The summed E-state index contributed by atoms with van der Waals surface area (Å²) < 4.78 is 55.5. The van der Waals surface area contributed by atoms with Crippen LogP contribution >= 0.6 is 0 Å². The summed E-state index contributed by atoms with van der Waals surface area (Å²) in [5.41, 5.74) is 0.314. The van der Waals surface area contributed by atoms with Crippen molar-refractivity contribution >= 4 is 17.7 Å². The normalized spacial score (nSPS) is 16.9. The predicted molar refractivity (Wildman–Crippen MR) is 101 cm³/mol. The Kier molecular flexibility index (Phi) is 3.40. The van der Waals surface area contributed by atoms with Crippen LogP contribution in [0.2, 0.25) is 17.3 Å². The Morgan fingerprint density at radius 2 is 1.91 bits per heavy atom. The van der Waals surface area contributed by atoms with Crippen LogP contribution in [0.1, 0.15) is 38.8 Å². The van der Waals surface area contributed by atoms with E-state index in [-0.39, 0.29) is 11.1 Å². The number of nitrogens with zero attached hydrogens (tertiary/aromatic N) is 1. The van der Waals surface area contributed by atoms with Crippen molar-refractivity contribution in [3.05, 3.63) is 47.4 Å². The van der Waals surface area contributed by atoms with Gasteiger partial charge in [-0.15, -0.1) is 0 Å². The second-order valence-electron chi connectivity index (χ2n) is 7.93. The molecule has 0 atom stereocenters. The molecule has 1 aromatic heterocycles. The fourth-order valence-electron chi connectivity index (χ4n) is 2.43. The van der Waals surface area contributed by atoms with Crippen LogP contribution in [0.25, 0.3) is 11.3 Å². The zero-order valence-electron chi connectivity index (χ0n) is 19.7. The quantitative estimate of drug-likeness (QED) is 0.657. The van der Waals surface area contributed by atoms with Gasteiger partial charge in [0.05, 0.1) is 0 Å². The first kappa shape index (κ1) is 12.2. The molecule has 2 rings (SSSR count). The zero-order valence-corrected chi connectivity index (χ0v) is 16.8. The molecule has 0 saturated heterocycles. The average molecular weight is 379 g/mol. The third kappa shape index (κ3) is 4.66. The molecule has 1 heterocycles. The third-order valence-corrected chi connectivity index (χ3v) is 7.69. The number of benzene rings is 1. The van der Waals surface area contributed by atoms with Crippen LogP contribution in [0.4, 0.5) is 4.39 Å². The summed E-state index contributed by atoms with van der Waals surface area (Å²) in [6.07, 6.45) is 0.0546. The van der Waals surface area contributed by atoms with Crippen molar-refractivity contribution < 1.29 is 11.2 Å². The molecule has 0 amide bonds. The summed E-state index contributed by atoms with van der Waals surface area (Å²) in [5, 5.41) is 0. The minimum absolute atomic E-state index is 0.0692. The fourth-order valence-corrected chi connectivity index (χ4v) is 5.36. The molecule has 1 nitrogen and oxygen atoms in total. The Hall–Kier alpha value is -1.16. The predicted octanol–water partition coefficient (Wildman–Crippen LogP) is 5.33. The molecule has 0 aliphatic heterocycles. The number of hydrogen-bond acceptors (Lipinski definition) is 1. The maximum atomic E-state index is 14.7. The van der Waals surface area contributed by atoms with E-state index in [9.17, 15) is 4.39 Å². The Bertz CT molecular complexity index is 880. The van der Waals surface area contributed by atoms with Gasteiger partial charge in [-0.25, -0.2) is 0 Å². The Balaban J connectivity index is 2.71. The van der Waals surface area contributed by atoms with E-state index in [1.165, 1.54) is 12.1 Å². The van der Waals surface area contributed by atoms with E-state index in [1.807, 2.05) is 20.8 Å². The molecular formula is C20H28FGeN. The molecular weight excluding hydrogens is 346 g/mol. The second-order valence-corrected chi connectivity index (χ2v) is 18.5. The standard InChI is InChI=1S/C20H28FGeN/c1-14-8-9-16(17(21)10-14)19-11-15(12-20(2,3)4)18(13-23-19)22(5,6)7/h8-11,13H,12H2,1-7H3/i1D3,12D2. The van der Waals surface area contributed by atoms with E-state index in [2.05, 4.69) is 22.3 Å². The van der Waals surface area contributed by atoms with Crippen LogP contribution in [0.15, 0.2) is 30.5 Å². The van der Waals surface area contributed by atoms with Gasteiger partial charge in [-0.1, -0.05) is 0 Å². The van der Waals surface area contributed by atoms with Crippen LogP contribution in [0.3, 0.4) is 0 Å². The first-order valence-corrected chi connectivity index (χ1v) is 15.1. The van der Waals surface area contributed by atoms with E-state index < -0.39 is 37.7 Å². The molecule has 0 aliphatic rings. The molecule has 0 N–H and O–H groups in total. The van der Waals surface area contributed by atoms with Gasteiger partial charge >= 0.3 is 149 Å². The maximum absolute atomic E-state index is 14.7. The molecule has 1 aromatic carbocycles. The van der Waals surface area contributed by atoms with E-state index >= 15 is 0 Å². The van der Waals surface area contributed by atoms with Gasteiger partial charge in [0.1, 0.15) is 0 Å². The molecule has 2 aromatic rings. The van der Waals surface area contributed by atoms with Gasteiger partial charge in [-0.2, -0.15) is 0 Å². The summed E-state index contributed by atoms with van der Waals surface area (Å²) in [7, 11) is 0. The number of rotatable bonds is 3. The van der Waals surface area contributed by atoms with Crippen LogP contribution < -0.4 is 4.40 Å². The molecule has 124 valence electrons. The number of aromatic nitrogens is 1. The van der Waals surface area contributed by atoms with E-state index in [1.54, 1.807) is 12.3 Å². The van der Waals surface area contributed by atoms with Gasteiger partial charge in [-0.05, 0) is 0 Å². The van der Waals surface area contributed by atoms with Gasteiger partial charge in [0.25, 0.3) is 0 Å². The van der Waals surface area contributed by atoms with Crippen molar-refractivity contribution in [3.63, 3.8) is 0 Å². The summed E-state index contributed by atoms with van der Waals surface area (Å²) >= 11 is -2.46. The van der Waals surface area contributed by atoms with Crippen molar-refractivity contribution in [2.45, 2.75) is 51.3 Å². The molecule has 23 heavy (non-hydrogen) atoms. The first-order valence-electron chi connectivity index (χ1n) is 10.3. The monoisotopic (exact) mass is 380 g/mol. The third-order valence-electron chi connectivity index (χ3n) is 3.47. The van der Waals surface area contributed by atoms with Crippen molar-refractivity contribution in [3.8, 4) is 11.3 Å². The molecule has 0 saturated carbocycles. The van der Waals surface area contributed by atoms with Gasteiger partial charge in [0, 0.05) is 0 Å². The van der Waals surface area contributed by atoms with Crippen LogP contribution in [-0.2, 0) is 6.37 Å². The van der Waals surface area contributed by atoms with Gasteiger partial charge in [0.2, 0.25) is 0 Å². The SMILES string of the molecule is [2H]C([2H])([2H])c1ccc(-c2cc(C([2H])([2H])C(C)(C)C)[c]([Ge]([CH3])([CH3])[CH3])cn2)c(F)c1. The molecule has 0 unspecified atom stereocenters. The van der Waals surface area contributed by atoms with Crippen molar-refractivity contribution in [2.24, 2.45) is 5.41 Å². The second kappa shape index (κ2) is 6.39. The van der Waals surface area contributed by atoms with Gasteiger partial charge < -0.3 is 0 Å². The van der Waals surface area contributed by atoms with E-state index in [4.69, 9.17) is 6.85 Å². The fraction of sp³-hybridized carbons (Fsp3) is 0.450. The van der Waals surface area contributed by atoms with Crippen molar-refractivity contribution in [2.75, 3.05) is 0 Å². The molecule has 0 bridgehead atoms. The molecule has 0 aliphatic carbocycles. The molecule has 0 radical (unpaired) electrons. The molecule has 0 spiro atoms. The summed E-state index contributed by atoms with van der Waals surface area (Å²) in [6.45, 7) is 3.15.